The van der Waals surface area contributed by atoms with Crippen molar-refractivity contribution in [1.82, 2.24) is 15.5 Å². The molecule has 204 valence electrons. The Morgan fingerprint density at radius 3 is 2.53 bits per heavy atom. The Bertz CT molecular complexity index is 1220. The number of halogens is 2. The predicted octanol–water partition coefficient (Wildman–Crippen LogP) is 1.65. The zero-order valence-corrected chi connectivity index (χ0v) is 22.2. The first-order chi connectivity index (χ1) is 17.9. The molecule has 2 aliphatic heterocycles. The summed E-state index contributed by atoms with van der Waals surface area (Å²) in [5, 5.41) is 23.7. The number of carboxylic acid groups (broad SMARTS) is 2. The van der Waals surface area contributed by atoms with Gasteiger partial charge in [-0.3, -0.25) is 24.1 Å². The maximum Gasteiger partial charge on any atom is 0.352 e. The van der Waals surface area contributed by atoms with Crippen LogP contribution in [0.3, 0.4) is 0 Å². The molecule has 3 rings (SSSR count). The van der Waals surface area contributed by atoms with Crippen molar-refractivity contribution in [3.8, 4) is 0 Å². The fourth-order valence-corrected chi connectivity index (χ4v) is 5.68. The highest BCUT2D eigenvalue weighted by Crippen LogP contribution is 2.40. The lowest BCUT2D eigenvalue weighted by Crippen LogP contribution is -2.70. The molecule has 2 heterocycles. The van der Waals surface area contributed by atoms with Gasteiger partial charge in [0.25, 0.3) is 11.8 Å². The van der Waals surface area contributed by atoms with Crippen molar-refractivity contribution in [2.24, 2.45) is 0 Å². The summed E-state index contributed by atoms with van der Waals surface area (Å²) in [6.07, 6.45) is -0.136. The summed E-state index contributed by atoms with van der Waals surface area (Å²) in [6.45, 7) is 0.922. The summed E-state index contributed by atoms with van der Waals surface area (Å²) in [7, 11) is 0. The molecule has 4 N–H and O–H groups in total. The van der Waals surface area contributed by atoms with Crippen molar-refractivity contribution in [2.45, 2.75) is 43.6 Å². The average molecular weight is 588 g/mol. The number of thioether (sulfide) groups is 1. The van der Waals surface area contributed by atoms with Gasteiger partial charge in [0.15, 0.2) is 0 Å². The zero-order chi connectivity index (χ0) is 28.1. The standard InChI is InChI=1S/C23H23Cl2N3O9S/c1-10(29)37-8-11-9-38-21-17(20(32)28(21)18(11)23(35)36)27-16(30)4-2-3-15(22(33)34)26-19(31)13-6-5-12(24)7-14(13)25/h5-7,15,17,21H,2-4,8-9H2,1H3,(H,26,31)(H,27,30)(H,33,34)(H,35,36)/t15?,17-,21-/m1/s1. The number of carbonyl (C=O) groups excluding carboxylic acids is 4. The molecule has 0 aliphatic carbocycles. The summed E-state index contributed by atoms with van der Waals surface area (Å²) in [6, 6.07) is 1.89. The van der Waals surface area contributed by atoms with Crippen LogP contribution >= 0.6 is 35.0 Å². The molecule has 3 atom stereocenters. The van der Waals surface area contributed by atoms with Gasteiger partial charge < -0.3 is 25.6 Å². The van der Waals surface area contributed by atoms with Gasteiger partial charge in [-0.2, -0.15) is 0 Å². The number of rotatable bonds is 11. The average Bonchev–Trinajstić information content (AvgIpc) is 2.84. The number of β-lactam (4-membered cyclic amide) rings is 1. The van der Waals surface area contributed by atoms with E-state index in [1.54, 1.807) is 0 Å². The van der Waals surface area contributed by atoms with E-state index in [9.17, 15) is 39.0 Å². The minimum atomic E-state index is -1.35. The third kappa shape index (κ3) is 6.77. The molecule has 0 aromatic heterocycles. The molecule has 2 aliphatic rings. The van der Waals surface area contributed by atoms with E-state index in [1.165, 1.54) is 36.9 Å². The molecule has 1 aromatic carbocycles. The van der Waals surface area contributed by atoms with E-state index in [0.29, 0.717) is 5.02 Å². The van der Waals surface area contributed by atoms with Gasteiger partial charge in [-0.05, 0) is 31.0 Å². The molecule has 0 spiro atoms. The van der Waals surface area contributed by atoms with Crippen molar-refractivity contribution >= 4 is 70.6 Å². The minimum absolute atomic E-state index is 0.0453. The lowest BCUT2D eigenvalue weighted by atomic mass is 10.0. The van der Waals surface area contributed by atoms with Crippen LogP contribution in [0.25, 0.3) is 0 Å². The molecule has 0 saturated carbocycles. The van der Waals surface area contributed by atoms with Gasteiger partial charge in [-0.15, -0.1) is 11.8 Å². The maximum absolute atomic E-state index is 12.7. The number of fused-ring (bicyclic) bond motifs is 1. The van der Waals surface area contributed by atoms with Crippen LogP contribution in [0.5, 0.6) is 0 Å². The fourth-order valence-electron chi connectivity index (χ4n) is 3.86. The van der Waals surface area contributed by atoms with E-state index in [1.807, 2.05) is 0 Å². The second-order valence-electron chi connectivity index (χ2n) is 8.37. The second-order valence-corrected chi connectivity index (χ2v) is 10.3. The summed E-state index contributed by atoms with van der Waals surface area (Å²) in [5.74, 6) is -4.92. The lowest BCUT2D eigenvalue weighted by molar-refractivity contribution is -0.151. The molecule has 1 saturated heterocycles. The molecular weight excluding hydrogens is 565 g/mol. The lowest BCUT2D eigenvalue weighted by Gasteiger charge is -2.49. The molecule has 1 fully saturated rings. The van der Waals surface area contributed by atoms with Crippen LogP contribution in [0.15, 0.2) is 29.5 Å². The smallest absolute Gasteiger partial charge is 0.352 e. The number of esters is 1. The third-order valence-corrected chi connectivity index (χ3v) is 7.58. The molecule has 0 bridgehead atoms. The van der Waals surface area contributed by atoms with Crippen molar-refractivity contribution in [3.05, 3.63) is 45.1 Å². The predicted molar refractivity (Wildman–Crippen MR) is 136 cm³/mol. The quantitative estimate of drug-likeness (QED) is 0.219. The van der Waals surface area contributed by atoms with Crippen LogP contribution in [0, 0.1) is 0 Å². The largest absolute Gasteiger partial charge is 0.480 e. The van der Waals surface area contributed by atoms with E-state index < -0.39 is 53.1 Å². The Balaban J connectivity index is 1.53. The van der Waals surface area contributed by atoms with Gasteiger partial charge >= 0.3 is 17.9 Å². The number of hydrogen-bond acceptors (Lipinski definition) is 8. The van der Waals surface area contributed by atoms with Gasteiger partial charge in [0.05, 0.1) is 10.6 Å². The first-order valence-electron chi connectivity index (χ1n) is 11.2. The van der Waals surface area contributed by atoms with Gasteiger partial charge in [-0.25, -0.2) is 9.59 Å². The molecule has 38 heavy (non-hydrogen) atoms. The Morgan fingerprint density at radius 1 is 1.21 bits per heavy atom. The molecular formula is C23H23Cl2N3O9S. The van der Waals surface area contributed by atoms with Crippen LogP contribution in [0.1, 0.15) is 36.5 Å². The molecule has 1 unspecified atom stereocenters. The summed E-state index contributed by atoms with van der Waals surface area (Å²) in [4.78, 5) is 73.0. The van der Waals surface area contributed by atoms with Crippen LogP contribution < -0.4 is 10.6 Å². The molecule has 15 heteroatoms. The zero-order valence-electron chi connectivity index (χ0n) is 19.9. The van der Waals surface area contributed by atoms with E-state index in [0.717, 1.165) is 4.90 Å². The van der Waals surface area contributed by atoms with E-state index in [2.05, 4.69) is 10.6 Å². The van der Waals surface area contributed by atoms with Gasteiger partial charge in [0.1, 0.15) is 29.8 Å². The SMILES string of the molecule is CC(=O)OCC1=C(C(=O)O)N2C(=O)[C@@H](NC(=O)CCCC(NC(=O)c3ccc(Cl)cc3Cl)C(=O)O)[C@H]2SC1. The number of ether oxygens (including phenoxy) is 1. The summed E-state index contributed by atoms with van der Waals surface area (Å²) >= 11 is 13.0. The second kappa shape index (κ2) is 12.5. The third-order valence-electron chi connectivity index (χ3n) is 5.69. The summed E-state index contributed by atoms with van der Waals surface area (Å²) in [5.41, 5.74) is 0.0453. The van der Waals surface area contributed by atoms with Crippen molar-refractivity contribution in [1.29, 1.82) is 0 Å². The molecule has 0 radical (unpaired) electrons. The molecule has 1 aromatic rings. The minimum Gasteiger partial charge on any atom is -0.480 e. The van der Waals surface area contributed by atoms with E-state index in [-0.39, 0.29) is 53.5 Å². The molecule has 12 nitrogen and oxygen atoms in total. The Labute approximate surface area is 230 Å². The monoisotopic (exact) mass is 587 g/mol. The normalized spacial score (nSPS) is 19.1. The first-order valence-corrected chi connectivity index (χ1v) is 13.0. The number of amides is 3. The highest BCUT2D eigenvalue weighted by molar-refractivity contribution is 8.00. The summed E-state index contributed by atoms with van der Waals surface area (Å²) < 4.78 is 4.88. The number of nitrogens with zero attached hydrogens (tertiary/aromatic N) is 1. The Kier molecular flexibility index (Phi) is 9.63. The van der Waals surface area contributed by atoms with E-state index >= 15 is 0 Å². The number of aliphatic carboxylic acids is 2. The Hall–Kier alpha value is -3.29. The number of carbonyl (C=O) groups is 6. The molecule has 3 amide bonds. The van der Waals surface area contributed by atoms with Crippen LogP contribution in [-0.4, -0.2) is 80.6 Å². The van der Waals surface area contributed by atoms with Gasteiger partial charge in [-0.1, -0.05) is 23.2 Å². The topological polar surface area (TPSA) is 179 Å². The van der Waals surface area contributed by atoms with Crippen molar-refractivity contribution in [3.63, 3.8) is 0 Å². The fraction of sp³-hybridized carbons (Fsp3) is 0.391. The number of nitrogens with one attached hydrogen (secondary N) is 2. The number of hydrogen-bond donors (Lipinski definition) is 4. The highest BCUT2D eigenvalue weighted by Gasteiger charge is 2.54. The Morgan fingerprint density at radius 2 is 1.92 bits per heavy atom. The maximum atomic E-state index is 12.7. The van der Waals surface area contributed by atoms with E-state index in [4.69, 9.17) is 27.9 Å². The van der Waals surface area contributed by atoms with Crippen molar-refractivity contribution < 1.29 is 43.7 Å². The van der Waals surface area contributed by atoms with Crippen molar-refractivity contribution in [2.75, 3.05) is 12.4 Å². The van der Waals surface area contributed by atoms with Crippen LogP contribution in [-0.2, 0) is 28.7 Å². The van der Waals surface area contributed by atoms with Crippen LogP contribution in [0.4, 0.5) is 0 Å². The van der Waals surface area contributed by atoms with Gasteiger partial charge in [0.2, 0.25) is 5.91 Å². The number of benzene rings is 1. The highest BCUT2D eigenvalue weighted by atomic mass is 35.5. The first kappa shape index (κ1) is 29.3. The number of carboxylic acids is 2. The van der Waals surface area contributed by atoms with Crippen LogP contribution in [0.2, 0.25) is 10.0 Å². The van der Waals surface area contributed by atoms with Gasteiger partial charge in [0, 0.05) is 29.7 Å².